The van der Waals surface area contributed by atoms with Gasteiger partial charge in [-0.2, -0.15) is 0 Å². The van der Waals surface area contributed by atoms with Crippen LogP contribution in [-0.4, -0.2) is 23.2 Å². The maximum atomic E-state index is 13.2. The van der Waals surface area contributed by atoms with Crippen LogP contribution in [-0.2, 0) is 4.79 Å². The second-order valence-electron chi connectivity index (χ2n) is 5.62. The van der Waals surface area contributed by atoms with E-state index in [0.717, 1.165) is 11.1 Å². The van der Waals surface area contributed by atoms with Crippen LogP contribution >= 0.6 is 0 Å². The summed E-state index contributed by atoms with van der Waals surface area (Å²) in [5.74, 6) is -0.123. The highest BCUT2D eigenvalue weighted by atomic mass is 19.1. The molecule has 0 fully saturated rings. The van der Waals surface area contributed by atoms with E-state index in [4.69, 9.17) is 4.42 Å². The summed E-state index contributed by atoms with van der Waals surface area (Å²) in [6.45, 7) is 1.91. The van der Waals surface area contributed by atoms with Gasteiger partial charge in [0.15, 0.2) is 5.78 Å². The summed E-state index contributed by atoms with van der Waals surface area (Å²) >= 11 is 0. The standard InChI is InChI=1S/C17H13FN2O2/c1-9-8-13(21)15-16(19-9)14(10-2-4-11(18)5-3-10)12-6-7-22-17(12)20-15/h2-7,9,14H,8H2,1H3. The molecule has 2 atom stereocenters. The van der Waals surface area contributed by atoms with Crippen LogP contribution < -0.4 is 0 Å². The molecular formula is C17H13FN2O2. The smallest absolute Gasteiger partial charge is 0.223 e. The van der Waals surface area contributed by atoms with Gasteiger partial charge < -0.3 is 4.42 Å². The molecule has 0 spiro atoms. The maximum Gasteiger partial charge on any atom is 0.223 e. The predicted octanol–water partition coefficient (Wildman–Crippen LogP) is 3.44. The molecular weight excluding hydrogens is 283 g/mol. The number of furan rings is 1. The number of ketones is 1. The first kappa shape index (κ1) is 13.1. The van der Waals surface area contributed by atoms with E-state index in [1.807, 2.05) is 13.0 Å². The number of carbonyl (C=O) groups excluding carboxylic acids is 1. The van der Waals surface area contributed by atoms with E-state index < -0.39 is 0 Å². The Balaban J connectivity index is 1.94. The lowest BCUT2D eigenvalue weighted by Crippen LogP contribution is -2.38. The number of hydrogen-bond acceptors (Lipinski definition) is 4. The lowest BCUT2D eigenvalue weighted by Gasteiger charge is -2.28. The SMILES string of the molecule is CC1CC(=O)C2=Nc3occc3C(c3ccc(F)cc3)C2=N1. The molecule has 1 aromatic carbocycles. The van der Waals surface area contributed by atoms with Gasteiger partial charge in [0.1, 0.15) is 11.5 Å². The number of carbonyl (C=O) groups is 1. The van der Waals surface area contributed by atoms with Crippen LogP contribution in [0.2, 0.25) is 0 Å². The molecule has 0 bridgehead atoms. The van der Waals surface area contributed by atoms with Gasteiger partial charge in [-0.3, -0.25) is 9.79 Å². The largest absolute Gasteiger partial charge is 0.446 e. The van der Waals surface area contributed by atoms with Crippen LogP contribution in [0.25, 0.3) is 0 Å². The molecule has 2 aromatic rings. The average molecular weight is 296 g/mol. The number of nitrogens with zero attached hydrogens (tertiary/aromatic N) is 2. The second kappa shape index (κ2) is 4.73. The Morgan fingerprint density at radius 3 is 2.77 bits per heavy atom. The van der Waals surface area contributed by atoms with Crippen LogP contribution in [0, 0.1) is 5.82 Å². The number of fused-ring (bicyclic) bond motifs is 2. The van der Waals surface area contributed by atoms with Gasteiger partial charge >= 0.3 is 0 Å². The van der Waals surface area contributed by atoms with Crippen molar-refractivity contribution in [2.24, 2.45) is 9.98 Å². The third kappa shape index (κ3) is 1.93. The van der Waals surface area contributed by atoms with Gasteiger partial charge in [0.05, 0.1) is 23.9 Å². The monoisotopic (exact) mass is 296 g/mol. The average Bonchev–Trinajstić information content (AvgIpc) is 2.94. The predicted molar refractivity (Wildman–Crippen MR) is 80.6 cm³/mol. The van der Waals surface area contributed by atoms with Crippen molar-refractivity contribution in [1.82, 2.24) is 0 Å². The molecule has 0 amide bonds. The summed E-state index contributed by atoms with van der Waals surface area (Å²) in [6.07, 6.45) is 1.91. The molecule has 2 aliphatic heterocycles. The van der Waals surface area contributed by atoms with Crippen LogP contribution in [0.15, 0.2) is 51.0 Å². The van der Waals surface area contributed by atoms with Gasteiger partial charge in [-0.05, 0) is 30.7 Å². The molecule has 4 nitrogen and oxygen atoms in total. The number of hydrogen-bond donors (Lipinski definition) is 0. The third-order valence-electron chi connectivity index (χ3n) is 4.02. The Kier molecular flexibility index (Phi) is 2.82. The summed E-state index contributed by atoms with van der Waals surface area (Å²) < 4.78 is 18.6. The molecule has 0 saturated carbocycles. The Morgan fingerprint density at radius 2 is 2.00 bits per heavy atom. The quantitative estimate of drug-likeness (QED) is 0.809. The van der Waals surface area contributed by atoms with Gasteiger partial charge in [0.25, 0.3) is 0 Å². The van der Waals surface area contributed by atoms with Crippen LogP contribution in [0.5, 0.6) is 0 Å². The molecule has 22 heavy (non-hydrogen) atoms. The molecule has 1 aromatic heterocycles. The Hall–Kier alpha value is -2.56. The van der Waals surface area contributed by atoms with Crippen molar-refractivity contribution >= 4 is 23.1 Å². The summed E-state index contributed by atoms with van der Waals surface area (Å²) in [4.78, 5) is 21.3. The van der Waals surface area contributed by atoms with Crippen molar-refractivity contribution in [2.75, 3.05) is 0 Å². The summed E-state index contributed by atoms with van der Waals surface area (Å²) in [6, 6.07) is 8.01. The van der Waals surface area contributed by atoms with Gasteiger partial charge in [0, 0.05) is 12.0 Å². The van der Waals surface area contributed by atoms with Gasteiger partial charge in [-0.15, -0.1) is 0 Å². The normalized spacial score (nSPS) is 23.5. The van der Waals surface area contributed by atoms with Crippen molar-refractivity contribution in [3.63, 3.8) is 0 Å². The fraction of sp³-hybridized carbons (Fsp3) is 0.235. The van der Waals surface area contributed by atoms with Crippen LogP contribution in [0.3, 0.4) is 0 Å². The molecule has 2 unspecified atom stereocenters. The van der Waals surface area contributed by atoms with Crippen molar-refractivity contribution < 1.29 is 13.6 Å². The van der Waals surface area contributed by atoms with E-state index >= 15 is 0 Å². The van der Waals surface area contributed by atoms with E-state index in [2.05, 4.69) is 9.98 Å². The van der Waals surface area contributed by atoms with E-state index in [1.54, 1.807) is 18.4 Å². The minimum absolute atomic E-state index is 0.0216. The number of aliphatic imine (C=N–C) groups is 2. The Bertz CT molecular complexity index is 817. The molecule has 0 N–H and O–H groups in total. The number of Topliss-reactive ketones (excluding diaryl/α,β-unsaturated/α-hetero) is 1. The van der Waals surface area contributed by atoms with Crippen LogP contribution in [0.4, 0.5) is 10.3 Å². The highest BCUT2D eigenvalue weighted by molar-refractivity contribution is 6.70. The number of rotatable bonds is 1. The molecule has 0 aliphatic carbocycles. The first-order chi connectivity index (χ1) is 10.6. The Labute approximate surface area is 126 Å². The maximum absolute atomic E-state index is 13.2. The molecule has 2 aliphatic rings. The minimum Gasteiger partial charge on any atom is -0.446 e. The third-order valence-corrected chi connectivity index (χ3v) is 4.02. The summed E-state index contributed by atoms with van der Waals surface area (Å²) in [5.41, 5.74) is 2.76. The van der Waals surface area contributed by atoms with Crippen molar-refractivity contribution in [2.45, 2.75) is 25.3 Å². The zero-order valence-electron chi connectivity index (χ0n) is 11.9. The van der Waals surface area contributed by atoms with Crippen molar-refractivity contribution in [3.05, 3.63) is 53.5 Å². The fourth-order valence-corrected chi connectivity index (χ4v) is 3.05. The molecule has 5 heteroatoms. The minimum atomic E-state index is -0.295. The first-order valence-electron chi connectivity index (χ1n) is 7.16. The highest BCUT2D eigenvalue weighted by Gasteiger charge is 2.38. The van der Waals surface area contributed by atoms with E-state index in [0.29, 0.717) is 23.7 Å². The zero-order valence-corrected chi connectivity index (χ0v) is 11.9. The second-order valence-corrected chi connectivity index (χ2v) is 5.62. The van der Waals surface area contributed by atoms with Gasteiger partial charge in [-0.1, -0.05) is 12.1 Å². The van der Waals surface area contributed by atoms with Gasteiger partial charge in [0.2, 0.25) is 5.88 Å². The van der Waals surface area contributed by atoms with E-state index in [-0.39, 0.29) is 23.6 Å². The van der Waals surface area contributed by atoms with E-state index in [9.17, 15) is 9.18 Å². The highest BCUT2D eigenvalue weighted by Crippen LogP contribution is 2.40. The van der Waals surface area contributed by atoms with Crippen molar-refractivity contribution in [3.8, 4) is 0 Å². The number of halogens is 1. The molecule has 0 saturated heterocycles. The van der Waals surface area contributed by atoms with E-state index in [1.165, 1.54) is 12.1 Å². The lowest BCUT2D eigenvalue weighted by atomic mass is 9.81. The summed E-state index contributed by atoms with van der Waals surface area (Å²) in [5, 5.41) is 0. The molecule has 3 heterocycles. The summed E-state index contributed by atoms with van der Waals surface area (Å²) in [7, 11) is 0. The topological polar surface area (TPSA) is 54.9 Å². The zero-order chi connectivity index (χ0) is 15.3. The fourth-order valence-electron chi connectivity index (χ4n) is 3.05. The van der Waals surface area contributed by atoms with Crippen LogP contribution in [0.1, 0.15) is 30.4 Å². The lowest BCUT2D eigenvalue weighted by molar-refractivity contribution is -0.113. The molecule has 0 radical (unpaired) electrons. The van der Waals surface area contributed by atoms with Crippen molar-refractivity contribution in [1.29, 1.82) is 0 Å². The molecule has 4 rings (SSSR count). The number of benzene rings is 1. The Morgan fingerprint density at radius 1 is 1.23 bits per heavy atom. The first-order valence-corrected chi connectivity index (χ1v) is 7.16. The van der Waals surface area contributed by atoms with Gasteiger partial charge in [-0.25, -0.2) is 9.38 Å². The molecule has 110 valence electrons.